The second kappa shape index (κ2) is 10.0. The van der Waals surface area contributed by atoms with Crippen molar-refractivity contribution in [1.82, 2.24) is 25.4 Å². The molecule has 3 fully saturated rings. The SMILES string of the molecule is CCc1n[nH]c(CN2C[C@@H]3[C@H](CNC(=O)Cc4ccc(C)cc4)[C@H]4CC[C@]3(C2)O4)n1.O=CO. The summed E-state index contributed by atoms with van der Waals surface area (Å²) in [6, 6.07) is 8.18. The number of carbonyl (C=O) groups excluding carboxylic acids is 1. The average Bonchev–Trinajstić information content (AvgIpc) is 3.55. The number of benzene rings is 1. The third kappa shape index (κ3) is 5.09. The fourth-order valence-electron chi connectivity index (χ4n) is 5.64. The zero-order valence-corrected chi connectivity index (χ0v) is 19.3. The first-order chi connectivity index (χ1) is 16.0. The minimum Gasteiger partial charge on any atom is -0.483 e. The van der Waals surface area contributed by atoms with Gasteiger partial charge < -0.3 is 15.2 Å². The molecule has 9 nitrogen and oxygen atoms in total. The molecule has 4 atom stereocenters. The monoisotopic (exact) mass is 455 g/mol. The molecule has 0 saturated carbocycles. The number of carbonyl (C=O) groups is 2. The van der Waals surface area contributed by atoms with E-state index in [0.717, 1.165) is 56.1 Å². The highest BCUT2D eigenvalue weighted by Crippen LogP contribution is 2.54. The number of H-pyrrole nitrogens is 1. The van der Waals surface area contributed by atoms with Crippen molar-refractivity contribution in [2.24, 2.45) is 11.8 Å². The molecule has 0 radical (unpaired) electrons. The van der Waals surface area contributed by atoms with Crippen LogP contribution in [0.15, 0.2) is 24.3 Å². The Morgan fingerprint density at radius 1 is 1.39 bits per heavy atom. The summed E-state index contributed by atoms with van der Waals surface area (Å²) in [7, 11) is 0. The number of hydrogen-bond acceptors (Lipinski definition) is 6. The van der Waals surface area contributed by atoms with E-state index in [4.69, 9.17) is 14.6 Å². The molecule has 3 aliphatic rings. The molecule has 0 aliphatic carbocycles. The Kier molecular flexibility index (Phi) is 7.09. The van der Waals surface area contributed by atoms with Crippen LogP contribution in [0.25, 0.3) is 0 Å². The summed E-state index contributed by atoms with van der Waals surface area (Å²) in [4.78, 5) is 27.9. The van der Waals surface area contributed by atoms with E-state index in [1.165, 1.54) is 5.56 Å². The fraction of sp³-hybridized carbons (Fsp3) is 0.583. The number of rotatable bonds is 7. The molecule has 3 N–H and O–H groups in total. The van der Waals surface area contributed by atoms with Gasteiger partial charge in [0.15, 0.2) is 0 Å². The van der Waals surface area contributed by atoms with Crippen molar-refractivity contribution in [3.8, 4) is 0 Å². The van der Waals surface area contributed by atoms with Gasteiger partial charge in [-0.05, 0) is 25.3 Å². The maximum atomic E-state index is 12.5. The zero-order chi connectivity index (χ0) is 23.4. The van der Waals surface area contributed by atoms with Crippen LogP contribution < -0.4 is 5.32 Å². The maximum absolute atomic E-state index is 12.5. The molecular weight excluding hydrogens is 422 g/mol. The highest BCUT2D eigenvalue weighted by atomic mass is 16.5. The number of aromatic nitrogens is 3. The van der Waals surface area contributed by atoms with Crippen LogP contribution in [-0.2, 0) is 33.7 Å². The zero-order valence-electron chi connectivity index (χ0n) is 19.3. The van der Waals surface area contributed by atoms with Gasteiger partial charge in [0.25, 0.3) is 6.47 Å². The molecule has 1 spiro atoms. The van der Waals surface area contributed by atoms with E-state index in [2.05, 4.69) is 51.4 Å². The van der Waals surface area contributed by atoms with Gasteiger partial charge in [-0.3, -0.25) is 19.6 Å². The topological polar surface area (TPSA) is 120 Å². The summed E-state index contributed by atoms with van der Waals surface area (Å²) in [6.45, 7) is 7.31. The summed E-state index contributed by atoms with van der Waals surface area (Å²) in [5, 5.41) is 17.4. The third-order valence-corrected chi connectivity index (χ3v) is 7.14. The quantitative estimate of drug-likeness (QED) is 0.544. The lowest BCUT2D eigenvalue weighted by Gasteiger charge is -2.29. The Labute approximate surface area is 193 Å². The van der Waals surface area contributed by atoms with Crippen LogP contribution in [0.2, 0.25) is 0 Å². The second-order valence-electron chi connectivity index (χ2n) is 9.32. The summed E-state index contributed by atoms with van der Waals surface area (Å²) < 4.78 is 6.52. The van der Waals surface area contributed by atoms with Crippen molar-refractivity contribution < 1.29 is 19.4 Å². The van der Waals surface area contributed by atoms with E-state index in [9.17, 15) is 4.79 Å². The van der Waals surface area contributed by atoms with Crippen molar-refractivity contribution in [2.45, 2.75) is 57.8 Å². The lowest BCUT2D eigenvalue weighted by molar-refractivity contribution is -0.123. The van der Waals surface area contributed by atoms with Gasteiger partial charge >= 0.3 is 0 Å². The van der Waals surface area contributed by atoms with E-state index in [0.29, 0.717) is 24.8 Å². The number of carboxylic acid groups (broad SMARTS) is 1. The van der Waals surface area contributed by atoms with E-state index in [1.54, 1.807) is 0 Å². The average molecular weight is 456 g/mol. The van der Waals surface area contributed by atoms with Gasteiger partial charge in [0.2, 0.25) is 5.91 Å². The maximum Gasteiger partial charge on any atom is 0.290 e. The first kappa shape index (κ1) is 23.4. The Morgan fingerprint density at radius 2 is 2.15 bits per heavy atom. The molecule has 178 valence electrons. The number of amides is 1. The van der Waals surface area contributed by atoms with Crippen LogP contribution in [0.1, 0.15) is 42.5 Å². The molecule has 1 amide bonds. The number of hydrogen-bond donors (Lipinski definition) is 3. The normalized spacial score (nSPS) is 27.6. The Hall–Kier alpha value is -2.78. The first-order valence-corrected chi connectivity index (χ1v) is 11.7. The van der Waals surface area contributed by atoms with Gasteiger partial charge in [-0.15, -0.1) is 0 Å². The number of aryl methyl sites for hydroxylation is 2. The highest BCUT2D eigenvalue weighted by Gasteiger charge is 2.62. The van der Waals surface area contributed by atoms with Crippen LogP contribution in [0, 0.1) is 18.8 Å². The fourth-order valence-corrected chi connectivity index (χ4v) is 5.64. The largest absolute Gasteiger partial charge is 0.483 e. The van der Waals surface area contributed by atoms with Crippen molar-refractivity contribution >= 4 is 12.4 Å². The number of nitrogens with one attached hydrogen (secondary N) is 2. The Balaban J connectivity index is 0.000000821. The molecule has 2 aromatic rings. The molecule has 33 heavy (non-hydrogen) atoms. The molecule has 1 aromatic heterocycles. The van der Waals surface area contributed by atoms with Gasteiger partial charge in [-0.2, -0.15) is 5.10 Å². The van der Waals surface area contributed by atoms with Gasteiger partial charge in [0, 0.05) is 37.9 Å². The van der Waals surface area contributed by atoms with Crippen molar-refractivity contribution in [2.75, 3.05) is 19.6 Å². The van der Waals surface area contributed by atoms with Gasteiger partial charge in [0.05, 0.1) is 24.7 Å². The summed E-state index contributed by atoms with van der Waals surface area (Å²) in [5.74, 6) is 2.77. The van der Waals surface area contributed by atoms with Crippen LogP contribution >= 0.6 is 0 Å². The molecule has 9 heteroatoms. The predicted octanol–water partition coefficient (Wildman–Crippen LogP) is 1.71. The smallest absolute Gasteiger partial charge is 0.290 e. The number of likely N-dealkylation sites (tertiary alicyclic amines) is 1. The van der Waals surface area contributed by atoms with E-state index < -0.39 is 0 Å². The molecular formula is C24H33N5O4. The molecule has 4 heterocycles. The van der Waals surface area contributed by atoms with Crippen LogP contribution in [-0.4, -0.2) is 68.9 Å². The Morgan fingerprint density at radius 3 is 2.85 bits per heavy atom. The number of fused-ring (bicyclic) bond motifs is 1. The minimum absolute atomic E-state index is 0.0371. The van der Waals surface area contributed by atoms with Gasteiger partial charge in [0.1, 0.15) is 11.6 Å². The predicted molar refractivity (Wildman–Crippen MR) is 121 cm³/mol. The molecule has 0 unspecified atom stereocenters. The van der Waals surface area contributed by atoms with E-state index >= 15 is 0 Å². The van der Waals surface area contributed by atoms with Crippen LogP contribution in [0.5, 0.6) is 0 Å². The number of aromatic amines is 1. The number of ether oxygens (including phenoxy) is 1. The highest BCUT2D eigenvalue weighted by molar-refractivity contribution is 5.78. The van der Waals surface area contributed by atoms with Crippen molar-refractivity contribution in [3.63, 3.8) is 0 Å². The third-order valence-electron chi connectivity index (χ3n) is 7.14. The minimum atomic E-state index is -0.250. The van der Waals surface area contributed by atoms with Crippen molar-refractivity contribution in [3.05, 3.63) is 47.0 Å². The summed E-state index contributed by atoms with van der Waals surface area (Å²) in [6.07, 6.45) is 3.80. The lowest BCUT2D eigenvalue weighted by atomic mass is 9.73. The lowest BCUT2D eigenvalue weighted by Crippen LogP contribution is -2.42. The second-order valence-corrected chi connectivity index (χ2v) is 9.32. The van der Waals surface area contributed by atoms with Crippen molar-refractivity contribution in [1.29, 1.82) is 0 Å². The van der Waals surface area contributed by atoms with E-state index in [-0.39, 0.29) is 24.1 Å². The Bertz CT molecular complexity index is 962. The van der Waals surface area contributed by atoms with Crippen LogP contribution in [0.3, 0.4) is 0 Å². The molecule has 5 rings (SSSR count). The molecule has 3 saturated heterocycles. The molecule has 1 aromatic carbocycles. The first-order valence-electron chi connectivity index (χ1n) is 11.7. The molecule has 2 bridgehead atoms. The van der Waals surface area contributed by atoms with Gasteiger partial charge in [-0.25, -0.2) is 4.98 Å². The summed E-state index contributed by atoms with van der Waals surface area (Å²) in [5.41, 5.74) is 2.24. The number of nitrogens with zero attached hydrogens (tertiary/aromatic N) is 3. The van der Waals surface area contributed by atoms with Crippen LogP contribution in [0.4, 0.5) is 0 Å². The van der Waals surface area contributed by atoms with E-state index in [1.807, 2.05) is 12.1 Å². The standard InChI is InChI=1S/C23H31N5O2.CH2O2/c1-3-20-25-21(27-26-20)13-28-12-18-17(19-8-9-23(18,14-28)30-19)11-24-22(29)10-16-6-4-15(2)5-7-16;2-1-3/h4-7,17-19H,3,8-14H2,1-2H3,(H,24,29)(H,25,26,27);1H,(H,2,3)/t17-,18+,19+,23+;/m0./s1. The van der Waals surface area contributed by atoms with Gasteiger partial charge in [-0.1, -0.05) is 36.8 Å². The summed E-state index contributed by atoms with van der Waals surface area (Å²) >= 11 is 0. The molecule has 3 aliphatic heterocycles.